The highest BCUT2D eigenvalue weighted by molar-refractivity contribution is 5.94. The molecule has 1 saturated heterocycles. The molecule has 0 spiro atoms. The number of esters is 1. The molecule has 1 aliphatic heterocycles. The maximum atomic E-state index is 12.2. The van der Waals surface area contributed by atoms with Gasteiger partial charge in [0.05, 0.1) is 18.8 Å². The topological polar surface area (TPSA) is 67.9 Å². The molecule has 2 aromatic carbocycles. The zero-order valence-electron chi connectivity index (χ0n) is 13.1. The maximum Gasteiger partial charge on any atom is 0.343 e. The van der Waals surface area contributed by atoms with Gasteiger partial charge in [0.25, 0.3) is 5.91 Å². The Hall–Kier alpha value is -2.70. The highest BCUT2D eigenvalue weighted by atomic mass is 16.5. The number of carbonyl (C=O) groups excluding carboxylic acids is 2. The second kappa shape index (κ2) is 7.72. The Kier molecular flexibility index (Phi) is 5.20. The molecule has 1 fully saturated rings. The van der Waals surface area contributed by atoms with Gasteiger partial charge in [0, 0.05) is 18.7 Å². The van der Waals surface area contributed by atoms with E-state index in [0.717, 1.165) is 0 Å². The lowest BCUT2D eigenvalue weighted by Gasteiger charge is -2.26. The van der Waals surface area contributed by atoms with Crippen molar-refractivity contribution in [2.45, 2.75) is 0 Å². The van der Waals surface area contributed by atoms with Gasteiger partial charge in [-0.1, -0.05) is 18.2 Å². The van der Waals surface area contributed by atoms with Gasteiger partial charge < -0.3 is 9.47 Å². The minimum Gasteiger partial charge on any atom is -0.423 e. The van der Waals surface area contributed by atoms with Gasteiger partial charge in [0.15, 0.2) is 0 Å². The molecule has 124 valence electrons. The quantitative estimate of drug-likeness (QED) is 0.686. The number of amides is 1. The van der Waals surface area contributed by atoms with Crippen molar-refractivity contribution in [3.63, 3.8) is 0 Å². The van der Waals surface area contributed by atoms with Crippen molar-refractivity contribution >= 4 is 11.9 Å². The summed E-state index contributed by atoms with van der Waals surface area (Å²) < 4.78 is 10.5. The van der Waals surface area contributed by atoms with Crippen LogP contribution in [0.5, 0.6) is 5.75 Å². The van der Waals surface area contributed by atoms with Crippen LogP contribution in [-0.2, 0) is 4.74 Å². The Balaban J connectivity index is 1.58. The number of hydrogen-bond acceptors (Lipinski definition) is 5. The third-order valence-corrected chi connectivity index (χ3v) is 3.61. The second-order valence-corrected chi connectivity index (χ2v) is 5.32. The van der Waals surface area contributed by atoms with Crippen LogP contribution in [0.25, 0.3) is 0 Å². The van der Waals surface area contributed by atoms with Gasteiger partial charge in [-0.15, -0.1) is 0 Å². The van der Waals surface area contributed by atoms with Crippen molar-refractivity contribution in [3.8, 4) is 5.75 Å². The van der Waals surface area contributed by atoms with E-state index in [1.165, 1.54) is 0 Å². The van der Waals surface area contributed by atoms with Gasteiger partial charge >= 0.3 is 5.97 Å². The fourth-order valence-electron chi connectivity index (χ4n) is 2.30. The molecule has 1 N–H and O–H groups in total. The molecule has 6 nitrogen and oxygen atoms in total. The number of rotatable bonds is 4. The van der Waals surface area contributed by atoms with Crippen molar-refractivity contribution in [2.24, 2.45) is 0 Å². The molecule has 1 aliphatic rings. The minimum atomic E-state index is -0.430. The van der Waals surface area contributed by atoms with Gasteiger partial charge in [0.2, 0.25) is 0 Å². The summed E-state index contributed by atoms with van der Waals surface area (Å²) in [5, 5.41) is 1.83. The maximum absolute atomic E-state index is 12.2. The smallest absolute Gasteiger partial charge is 0.343 e. The Morgan fingerprint density at radius 1 is 0.917 bits per heavy atom. The summed E-state index contributed by atoms with van der Waals surface area (Å²) in [6.45, 7) is 2.54. The SMILES string of the molecule is O=C(NN1CCOCC1)c1ccc(OC(=O)c2ccccc2)cc1. The third-order valence-electron chi connectivity index (χ3n) is 3.61. The van der Waals surface area contributed by atoms with Gasteiger partial charge in [-0.2, -0.15) is 0 Å². The highest BCUT2D eigenvalue weighted by Crippen LogP contribution is 2.14. The molecule has 1 amide bonds. The first-order valence-corrected chi connectivity index (χ1v) is 7.73. The van der Waals surface area contributed by atoms with Crippen LogP contribution in [-0.4, -0.2) is 43.2 Å². The first-order chi connectivity index (χ1) is 11.7. The number of nitrogens with zero attached hydrogens (tertiary/aromatic N) is 1. The third kappa shape index (κ3) is 4.18. The normalized spacial score (nSPS) is 14.8. The van der Waals surface area contributed by atoms with Crippen LogP contribution in [0.2, 0.25) is 0 Å². The van der Waals surface area contributed by atoms with Crippen LogP contribution in [0.4, 0.5) is 0 Å². The van der Waals surface area contributed by atoms with Crippen molar-refractivity contribution in [1.29, 1.82) is 0 Å². The molecule has 1 heterocycles. The number of hydrazine groups is 1. The first-order valence-electron chi connectivity index (χ1n) is 7.73. The first kappa shape index (κ1) is 16.2. The monoisotopic (exact) mass is 326 g/mol. The summed E-state index contributed by atoms with van der Waals surface area (Å²) in [5.74, 6) is -0.231. The van der Waals surface area contributed by atoms with E-state index in [1.54, 1.807) is 48.5 Å². The second-order valence-electron chi connectivity index (χ2n) is 5.32. The number of nitrogens with one attached hydrogen (secondary N) is 1. The van der Waals surface area contributed by atoms with E-state index in [2.05, 4.69) is 5.43 Å². The van der Waals surface area contributed by atoms with E-state index in [4.69, 9.17) is 9.47 Å². The summed E-state index contributed by atoms with van der Waals surface area (Å²) in [4.78, 5) is 24.1. The van der Waals surface area contributed by atoms with E-state index in [9.17, 15) is 9.59 Å². The average molecular weight is 326 g/mol. The van der Waals surface area contributed by atoms with E-state index in [0.29, 0.717) is 43.2 Å². The molecular weight excluding hydrogens is 308 g/mol. The van der Waals surface area contributed by atoms with Crippen LogP contribution in [0, 0.1) is 0 Å². The number of morpholine rings is 1. The lowest BCUT2D eigenvalue weighted by Crippen LogP contribution is -2.48. The van der Waals surface area contributed by atoms with E-state index < -0.39 is 5.97 Å². The Morgan fingerprint density at radius 3 is 2.25 bits per heavy atom. The number of hydrogen-bond donors (Lipinski definition) is 1. The van der Waals surface area contributed by atoms with Crippen LogP contribution < -0.4 is 10.2 Å². The van der Waals surface area contributed by atoms with Crippen molar-refractivity contribution in [1.82, 2.24) is 10.4 Å². The summed E-state index contributed by atoms with van der Waals surface area (Å²) in [7, 11) is 0. The van der Waals surface area contributed by atoms with E-state index in [1.807, 2.05) is 11.1 Å². The molecule has 0 atom stereocenters. The predicted molar refractivity (Wildman–Crippen MR) is 87.7 cm³/mol. The standard InChI is InChI=1S/C18H18N2O4/c21-17(19-20-10-12-23-13-11-20)14-6-8-16(9-7-14)24-18(22)15-4-2-1-3-5-15/h1-9H,10-13H2,(H,19,21). The molecule has 0 unspecified atom stereocenters. The van der Waals surface area contributed by atoms with E-state index >= 15 is 0 Å². The Morgan fingerprint density at radius 2 is 1.58 bits per heavy atom. The van der Waals surface area contributed by atoms with Crippen LogP contribution in [0.3, 0.4) is 0 Å². The minimum absolute atomic E-state index is 0.196. The number of carbonyl (C=O) groups is 2. The zero-order chi connectivity index (χ0) is 16.8. The van der Waals surface area contributed by atoms with Gasteiger partial charge in [-0.25, -0.2) is 9.80 Å². The Bertz CT molecular complexity index is 695. The lowest BCUT2D eigenvalue weighted by atomic mass is 10.2. The van der Waals surface area contributed by atoms with Gasteiger partial charge in [-0.05, 0) is 36.4 Å². The van der Waals surface area contributed by atoms with Crippen molar-refractivity contribution < 1.29 is 19.1 Å². The van der Waals surface area contributed by atoms with Crippen molar-refractivity contribution in [3.05, 3.63) is 65.7 Å². The lowest BCUT2D eigenvalue weighted by molar-refractivity contribution is 0.0126. The van der Waals surface area contributed by atoms with Gasteiger partial charge in [0.1, 0.15) is 5.75 Å². The van der Waals surface area contributed by atoms with Crippen LogP contribution in [0.1, 0.15) is 20.7 Å². The zero-order valence-corrected chi connectivity index (χ0v) is 13.1. The van der Waals surface area contributed by atoms with Crippen LogP contribution in [0.15, 0.2) is 54.6 Å². The largest absolute Gasteiger partial charge is 0.423 e. The van der Waals surface area contributed by atoms with Crippen molar-refractivity contribution in [2.75, 3.05) is 26.3 Å². The molecule has 0 aromatic heterocycles. The molecule has 6 heteroatoms. The number of benzene rings is 2. The Labute approximate surface area is 140 Å². The summed E-state index contributed by atoms with van der Waals surface area (Å²) in [6.07, 6.45) is 0. The fraction of sp³-hybridized carbons (Fsp3) is 0.222. The summed E-state index contributed by atoms with van der Waals surface area (Å²) in [6, 6.07) is 15.2. The highest BCUT2D eigenvalue weighted by Gasteiger charge is 2.14. The predicted octanol–water partition coefficient (Wildman–Crippen LogP) is 1.88. The molecule has 0 aliphatic carbocycles. The molecule has 3 rings (SSSR count). The average Bonchev–Trinajstić information content (AvgIpc) is 2.64. The molecule has 2 aromatic rings. The molecule has 24 heavy (non-hydrogen) atoms. The molecule has 0 radical (unpaired) electrons. The summed E-state index contributed by atoms with van der Waals surface area (Å²) >= 11 is 0. The molecular formula is C18H18N2O4. The van der Waals surface area contributed by atoms with Crippen LogP contribution >= 0.6 is 0 Å². The molecule has 0 saturated carbocycles. The molecule has 0 bridgehead atoms. The van der Waals surface area contributed by atoms with E-state index in [-0.39, 0.29) is 5.91 Å². The number of ether oxygens (including phenoxy) is 2. The fourth-order valence-corrected chi connectivity index (χ4v) is 2.30. The summed E-state index contributed by atoms with van der Waals surface area (Å²) in [5.41, 5.74) is 3.81. The van der Waals surface area contributed by atoms with Gasteiger partial charge in [-0.3, -0.25) is 10.2 Å².